The number of nitriles is 1. The van der Waals surface area contributed by atoms with Gasteiger partial charge in [0, 0.05) is 48.6 Å². The van der Waals surface area contributed by atoms with Crippen molar-refractivity contribution in [3.8, 4) is 28.8 Å². The molecular weight excluding hydrogens is 585 g/mol. The second kappa shape index (κ2) is 10.9. The molecule has 3 heterocycles. The number of anilines is 1. The minimum absolute atomic E-state index is 0.0319. The predicted molar refractivity (Wildman–Crippen MR) is 149 cm³/mol. The molecule has 2 aliphatic carbocycles. The first-order chi connectivity index (χ1) is 20.5. The molecule has 3 fully saturated rings. The van der Waals surface area contributed by atoms with Gasteiger partial charge in [-0.25, -0.2) is 23.4 Å². The van der Waals surface area contributed by atoms with Gasteiger partial charge in [-0.3, -0.25) is 4.79 Å². The third kappa shape index (κ3) is 6.08. The first-order valence-corrected chi connectivity index (χ1v) is 16.0. The summed E-state index contributed by atoms with van der Waals surface area (Å²) in [6, 6.07) is 9.58. The number of benzene rings is 1. The number of amides is 1. The zero-order valence-electron chi connectivity index (χ0n) is 23.1. The molecule has 226 valence electrons. The number of halogens is 3. The van der Waals surface area contributed by atoms with E-state index in [-0.39, 0.29) is 34.8 Å². The highest BCUT2D eigenvalue weighted by Crippen LogP contribution is 2.45. The lowest BCUT2D eigenvalue weighted by Gasteiger charge is -2.30. The van der Waals surface area contributed by atoms with Gasteiger partial charge >= 0.3 is 6.18 Å². The molecule has 2 aromatic heterocycles. The molecule has 2 unspecified atom stereocenters. The summed E-state index contributed by atoms with van der Waals surface area (Å²) in [6.45, 7) is 0.774. The van der Waals surface area contributed by atoms with Gasteiger partial charge in [-0.1, -0.05) is 25.0 Å². The van der Waals surface area contributed by atoms with Crippen LogP contribution >= 0.6 is 0 Å². The maximum atomic E-state index is 13.4. The van der Waals surface area contributed by atoms with Crippen molar-refractivity contribution >= 4 is 21.4 Å². The Kier molecular flexibility index (Phi) is 7.40. The Hall–Kier alpha value is -3.99. The molecule has 3 aliphatic rings. The van der Waals surface area contributed by atoms with Crippen LogP contribution < -0.4 is 10.2 Å². The van der Waals surface area contributed by atoms with Crippen molar-refractivity contribution < 1.29 is 30.8 Å². The van der Waals surface area contributed by atoms with Gasteiger partial charge in [0.1, 0.15) is 17.0 Å². The Bertz CT molecular complexity index is 1650. The maximum absolute atomic E-state index is 13.4. The number of alkyl halides is 3. The molecule has 0 bridgehead atoms. The van der Waals surface area contributed by atoms with E-state index in [1.54, 1.807) is 0 Å². The molecule has 0 radical (unpaired) electrons. The van der Waals surface area contributed by atoms with Gasteiger partial charge in [0.2, 0.25) is 17.6 Å². The van der Waals surface area contributed by atoms with Crippen molar-refractivity contribution in [3.05, 3.63) is 48.2 Å². The van der Waals surface area contributed by atoms with Gasteiger partial charge in [0.05, 0.1) is 23.1 Å². The van der Waals surface area contributed by atoms with Gasteiger partial charge in [0.15, 0.2) is 9.84 Å². The zero-order valence-corrected chi connectivity index (χ0v) is 23.9. The summed E-state index contributed by atoms with van der Waals surface area (Å²) in [6.07, 6.45) is 1.43. The number of carbonyl (C=O) groups is 1. The third-order valence-electron chi connectivity index (χ3n) is 8.42. The van der Waals surface area contributed by atoms with Crippen LogP contribution in [0.1, 0.15) is 56.0 Å². The summed E-state index contributed by atoms with van der Waals surface area (Å²) in [5, 5.41) is 12.4. The Balaban J connectivity index is 1.35. The Morgan fingerprint density at radius 3 is 2.30 bits per heavy atom. The molecule has 1 saturated heterocycles. The van der Waals surface area contributed by atoms with Gasteiger partial charge in [-0.2, -0.15) is 18.4 Å². The van der Waals surface area contributed by atoms with Crippen LogP contribution in [-0.4, -0.2) is 59.4 Å². The third-order valence-corrected chi connectivity index (χ3v) is 10.0. The highest BCUT2D eigenvalue weighted by molar-refractivity contribution is 7.91. The van der Waals surface area contributed by atoms with Crippen molar-refractivity contribution in [1.82, 2.24) is 20.3 Å². The molecule has 1 amide bonds. The fourth-order valence-corrected chi connectivity index (χ4v) is 6.98. The van der Waals surface area contributed by atoms with Crippen LogP contribution in [0.15, 0.2) is 41.1 Å². The van der Waals surface area contributed by atoms with Crippen molar-refractivity contribution in [2.45, 2.75) is 56.2 Å². The summed E-state index contributed by atoms with van der Waals surface area (Å²) in [4.78, 5) is 27.0. The van der Waals surface area contributed by atoms with Crippen LogP contribution in [0.4, 0.5) is 18.9 Å². The van der Waals surface area contributed by atoms with Gasteiger partial charge < -0.3 is 14.6 Å². The van der Waals surface area contributed by atoms with E-state index in [1.807, 2.05) is 29.2 Å². The van der Waals surface area contributed by atoms with Crippen molar-refractivity contribution in [1.29, 1.82) is 5.26 Å². The molecule has 43 heavy (non-hydrogen) atoms. The topological polar surface area (TPSA) is 142 Å². The average Bonchev–Trinajstić information content (AvgIpc) is 3.63. The normalized spacial score (nSPS) is 22.9. The fraction of sp³-hybridized carbons (Fsp3) is 0.483. The minimum atomic E-state index is -4.70. The van der Waals surface area contributed by atoms with E-state index in [2.05, 4.69) is 26.3 Å². The minimum Gasteiger partial charge on any atom is -0.440 e. The first-order valence-electron chi connectivity index (χ1n) is 14.2. The van der Waals surface area contributed by atoms with Crippen LogP contribution in [0.5, 0.6) is 0 Å². The summed E-state index contributed by atoms with van der Waals surface area (Å²) in [5.74, 6) is -1.71. The zero-order chi connectivity index (χ0) is 30.4. The van der Waals surface area contributed by atoms with Crippen LogP contribution in [0, 0.1) is 17.2 Å². The van der Waals surface area contributed by atoms with E-state index in [0.29, 0.717) is 55.8 Å². The number of hydrogen-bond acceptors (Lipinski definition) is 9. The summed E-state index contributed by atoms with van der Waals surface area (Å²) in [7, 11) is -3.04. The van der Waals surface area contributed by atoms with E-state index in [9.17, 15) is 31.6 Å². The number of sulfone groups is 1. The second-order valence-electron chi connectivity index (χ2n) is 11.4. The highest BCUT2D eigenvalue weighted by Gasteiger charge is 2.47. The SMILES string of the molecule is N#CC1(NC(=O)C2CCCCC2c2oc(-c3cnc(C(F)(F)F)nc3)nc2-c2ccc(N3CCS(=O)(=O)CC3)cc2)CC1. The molecule has 2 saturated carbocycles. The second-order valence-corrected chi connectivity index (χ2v) is 13.7. The van der Waals surface area contributed by atoms with Crippen LogP contribution in [0.2, 0.25) is 0 Å². The molecule has 10 nitrogen and oxygen atoms in total. The Morgan fingerprint density at radius 2 is 1.70 bits per heavy atom. The molecular formula is C29H29F3N6O4S. The smallest absolute Gasteiger partial charge is 0.440 e. The molecule has 14 heteroatoms. The number of nitrogens with one attached hydrogen (secondary N) is 1. The van der Waals surface area contributed by atoms with E-state index < -0.39 is 33.3 Å². The highest BCUT2D eigenvalue weighted by atomic mass is 32.2. The fourth-order valence-electron chi connectivity index (χ4n) is 5.78. The molecule has 2 atom stereocenters. The number of nitrogens with zero attached hydrogens (tertiary/aromatic N) is 5. The standard InChI is InChI=1S/C29H29F3N6O4S/c30-29(31,32)27-34-15-19(16-35-27)26-36-23(18-5-7-20(8-6-18)38-11-13-43(40,41)14-12-38)24(42-26)21-3-1-2-4-22(21)25(39)37-28(17-33)9-10-28/h5-8,15-16,21-22H,1-4,9-14H2,(H,37,39). The van der Waals surface area contributed by atoms with Crippen molar-refractivity contribution in [2.24, 2.45) is 5.92 Å². The first kappa shape index (κ1) is 29.1. The van der Waals surface area contributed by atoms with Gasteiger partial charge in [-0.15, -0.1) is 0 Å². The maximum Gasteiger partial charge on any atom is 0.451 e. The monoisotopic (exact) mass is 614 g/mol. The number of carbonyl (C=O) groups excluding carboxylic acids is 1. The van der Waals surface area contributed by atoms with Crippen LogP contribution in [0.3, 0.4) is 0 Å². The van der Waals surface area contributed by atoms with E-state index in [1.165, 1.54) is 0 Å². The number of aromatic nitrogens is 3. The van der Waals surface area contributed by atoms with E-state index >= 15 is 0 Å². The molecule has 1 aliphatic heterocycles. The quantitative estimate of drug-likeness (QED) is 0.425. The number of hydrogen-bond donors (Lipinski definition) is 1. The van der Waals surface area contributed by atoms with Crippen molar-refractivity contribution in [2.75, 3.05) is 29.5 Å². The molecule has 1 aromatic carbocycles. The average molecular weight is 615 g/mol. The van der Waals surface area contributed by atoms with Gasteiger partial charge in [-0.05, 0) is 37.8 Å². The Morgan fingerprint density at radius 1 is 1.05 bits per heavy atom. The molecule has 6 rings (SSSR count). The van der Waals surface area contributed by atoms with E-state index in [0.717, 1.165) is 30.9 Å². The number of oxazole rings is 1. The number of rotatable bonds is 6. The summed E-state index contributed by atoms with van der Waals surface area (Å²) < 4.78 is 69.2. The van der Waals surface area contributed by atoms with Crippen LogP contribution in [-0.2, 0) is 20.8 Å². The van der Waals surface area contributed by atoms with Crippen molar-refractivity contribution in [3.63, 3.8) is 0 Å². The lowest BCUT2D eigenvalue weighted by molar-refractivity contribution is -0.145. The van der Waals surface area contributed by atoms with E-state index in [4.69, 9.17) is 4.42 Å². The van der Waals surface area contributed by atoms with Crippen LogP contribution in [0.25, 0.3) is 22.7 Å². The molecule has 0 spiro atoms. The largest absolute Gasteiger partial charge is 0.451 e. The predicted octanol–water partition coefficient (Wildman–Crippen LogP) is 4.50. The lowest BCUT2D eigenvalue weighted by atomic mass is 9.76. The lowest BCUT2D eigenvalue weighted by Crippen LogP contribution is -2.42. The Labute approximate surface area is 246 Å². The summed E-state index contributed by atoms with van der Waals surface area (Å²) in [5.41, 5.74) is 1.31. The molecule has 3 aromatic rings. The van der Waals surface area contributed by atoms with Gasteiger partial charge in [0.25, 0.3) is 0 Å². The molecule has 1 N–H and O–H groups in total. The summed E-state index contributed by atoms with van der Waals surface area (Å²) >= 11 is 0.